The van der Waals surface area contributed by atoms with E-state index in [4.69, 9.17) is 0 Å². The van der Waals surface area contributed by atoms with E-state index in [1.165, 1.54) is 11.1 Å². The maximum Gasteiger partial charge on any atom is 0.324 e. The number of carbonyl (C=O) groups excluding carboxylic acids is 1. The highest BCUT2D eigenvalue weighted by Gasteiger charge is 2.21. The number of amides is 2. The first-order valence-corrected chi connectivity index (χ1v) is 8.09. The van der Waals surface area contributed by atoms with Crippen molar-refractivity contribution >= 4 is 11.7 Å². The zero-order valence-electron chi connectivity index (χ0n) is 14.4. The summed E-state index contributed by atoms with van der Waals surface area (Å²) < 4.78 is 0. The number of urea groups is 1. The minimum absolute atomic E-state index is 0.0297. The van der Waals surface area contributed by atoms with Crippen LogP contribution >= 0.6 is 0 Å². The minimum Gasteiger partial charge on any atom is -0.325 e. The topological polar surface area (TPSA) is 36.4 Å². The van der Waals surface area contributed by atoms with Gasteiger partial charge in [-0.2, -0.15) is 0 Å². The summed E-state index contributed by atoms with van der Waals surface area (Å²) in [4.78, 5) is 20.8. The van der Waals surface area contributed by atoms with Gasteiger partial charge in [0, 0.05) is 31.2 Å². The molecule has 0 aliphatic carbocycles. The second kappa shape index (κ2) is 7.77. The van der Waals surface area contributed by atoms with Crippen LogP contribution in [0.1, 0.15) is 30.5 Å². The molecule has 1 aromatic heterocycles. The quantitative estimate of drug-likeness (QED) is 0.831. The number of carbonyl (C=O) groups is 1. The van der Waals surface area contributed by atoms with Crippen LogP contribution in [0.25, 0.3) is 0 Å². The van der Waals surface area contributed by atoms with E-state index in [9.17, 15) is 4.79 Å². The fraction of sp³-hybridized carbons (Fsp3) is 0.368. The van der Waals surface area contributed by atoms with E-state index in [-0.39, 0.29) is 6.03 Å². The molecule has 0 fully saturated rings. The van der Waals surface area contributed by atoms with E-state index < -0.39 is 0 Å². The highest BCUT2D eigenvalue weighted by molar-refractivity contribution is 5.92. The Morgan fingerprint density at radius 2 is 1.83 bits per heavy atom. The standard InChI is InChI=1S/C19H25N3O/c1-5-21(6-2)19(23)22(14-17-8-7-11-20-13-17)18-10-9-15(3)16(4)12-18/h7-13H,5-6,14H2,1-4H3. The first-order chi connectivity index (χ1) is 11.1. The van der Waals surface area contributed by atoms with Crippen molar-refractivity contribution in [3.05, 3.63) is 59.4 Å². The molecule has 0 saturated carbocycles. The van der Waals surface area contributed by atoms with Gasteiger partial charge in [-0.15, -0.1) is 0 Å². The van der Waals surface area contributed by atoms with Crippen LogP contribution in [0, 0.1) is 13.8 Å². The molecule has 23 heavy (non-hydrogen) atoms. The molecule has 0 saturated heterocycles. The summed E-state index contributed by atoms with van der Waals surface area (Å²) in [7, 11) is 0. The summed E-state index contributed by atoms with van der Waals surface area (Å²) >= 11 is 0. The molecule has 4 heteroatoms. The van der Waals surface area contributed by atoms with E-state index in [0.29, 0.717) is 19.6 Å². The van der Waals surface area contributed by atoms with Crippen LogP contribution in [0.5, 0.6) is 0 Å². The molecule has 0 atom stereocenters. The van der Waals surface area contributed by atoms with Crippen LogP contribution in [0.2, 0.25) is 0 Å². The van der Waals surface area contributed by atoms with Gasteiger partial charge in [0.05, 0.1) is 6.54 Å². The molecule has 0 N–H and O–H groups in total. The van der Waals surface area contributed by atoms with E-state index >= 15 is 0 Å². The molecule has 2 aromatic rings. The van der Waals surface area contributed by atoms with Gasteiger partial charge in [-0.1, -0.05) is 12.1 Å². The average molecular weight is 311 g/mol. The van der Waals surface area contributed by atoms with Gasteiger partial charge in [-0.25, -0.2) is 4.79 Å². The number of benzene rings is 1. The fourth-order valence-electron chi connectivity index (χ4n) is 2.50. The molecule has 0 unspecified atom stereocenters. The van der Waals surface area contributed by atoms with Crippen LogP contribution in [0.3, 0.4) is 0 Å². The third-order valence-electron chi connectivity index (χ3n) is 4.13. The van der Waals surface area contributed by atoms with Gasteiger partial charge in [0.25, 0.3) is 0 Å². The van der Waals surface area contributed by atoms with Crippen LogP contribution in [-0.4, -0.2) is 29.0 Å². The van der Waals surface area contributed by atoms with E-state index in [1.54, 1.807) is 6.20 Å². The van der Waals surface area contributed by atoms with Crippen molar-refractivity contribution in [1.29, 1.82) is 0 Å². The van der Waals surface area contributed by atoms with Gasteiger partial charge in [0.15, 0.2) is 0 Å². The van der Waals surface area contributed by atoms with Gasteiger partial charge in [-0.05, 0) is 62.6 Å². The van der Waals surface area contributed by atoms with E-state index in [2.05, 4.69) is 31.0 Å². The lowest BCUT2D eigenvalue weighted by Crippen LogP contribution is -2.43. The second-order valence-corrected chi connectivity index (χ2v) is 5.67. The Labute approximate surface area is 138 Å². The summed E-state index contributed by atoms with van der Waals surface area (Å²) in [6.07, 6.45) is 3.56. The molecular formula is C19H25N3O. The highest BCUT2D eigenvalue weighted by Crippen LogP contribution is 2.22. The largest absolute Gasteiger partial charge is 0.325 e. The monoisotopic (exact) mass is 311 g/mol. The van der Waals surface area contributed by atoms with E-state index in [1.807, 2.05) is 48.0 Å². The number of hydrogen-bond donors (Lipinski definition) is 0. The predicted molar refractivity (Wildman–Crippen MR) is 94.7 cm³/mol. The average Bonchev–Trinajstić information content (AvgIpc) is 2.57. The fourth-order valence-corrected chi connectivity index (χ4v) is 2.50. The number of anilines is 1. The number of aromatic nitrogens is 1. The molecule has 0 spiro atoms. The van der Waals surface area contributed by atoms with Crippen LogP contribution in [-0.2, 0) is 6.54 Å². The third-order valence-corrected chi connectivity index (χ3v) is 4.13. The van der Waals surface area contributed by atoms with Crippen molar-refractivity contribution in [3.63, 3.8) is 0 Å². The zero-order chi connectivity index (χ0) is 16.8. The van der Waals surface area contributed by atoms with Crippen molar-refractivity contribution in [1.82, 2.24) is 9.88 Å². The number of nitrogens with zero attached hydrogens (tertiary/aromatic N) is 3. The molecule has 0 bridgehead atoms. The van der Waals surface area contributed by atoms with Gasteiger partial charge < -0.3 is 4.90 Å². The van der Waals surface area contributed by atoms with Crippen molar-refractivity contribution in [2.75, 3.05) is 18.0 Å². The lowest BCUT2D eigenvalue weighted by atomic mass is 10.1. The number of aryl methyl sites for hydroxylation is 2. The first-order valence-electron chi connectivity index (χ1n) is 8.09. The lowest BCUT2D eigenvalue weighted by molar-refractivity contribution is 0.209. The van der Waals surface area contributed by atoms with Gasteiger partial charge in [-0.3, -0.25) is 9.88 Å². The molecule has 2 rings (SSSR count). The number of rotatable bonds is 5. The van der Waals surface area contributed by atoms with Crippen molar-refractivity contribution in [2.45, 2.75) is 34.2 Å². The zero-order valence-corrected chi connectivity index (χ0v) is 14.4. The maximum absolute atomic E-state index is 12.9. The van der Waals surface area contributed by atoms with Crippen molar-refractivity contribution in [3.8, 4) is 0 Å². The van der Waals surface area contributed by atoms with Crippen molar-refractivity contribution < 1.29 is 4.79 Å². The van der Waals surface area contributed by atoms with Crippen LogP contribution in [0.4, 0.5) is 10.5 Å². The summed E-state index contributed by atoms with van der Waals surface area (Å²) in [5.74, 6) is 0. The molecule has 1 heterocycles. The Morgan fingerprint density at radius 3 is 2.39 bits per heavy atom. The minimum atomic E-state index is 0.0297. The van der Waals surface area contributed by atoms with Gasteiger partial charge in [0.1, 0.15) is 0 Å². The smallest absolute Gasteiger partial charge is 0.324 e. The number of pyridine rings is 1. The highest BCUT2D eigenvalue weighted by atomic mass is 16.2. The summed E-state index contributed by atoms with van der Waals surface area (Å²) in [6.45, 7) is 10.1. The molecule has 0 aliphatic rings. The van der Waals surface area contributed by atoms with Crippen LogP contribution < -0.4 is 4.90 Å². The van der Waals surface area contributed by atoms with Crippen molar-refractivity contribution in [2.24, 2.45) is 0 Å². The normalized spacial score (nSPS) is 10.4. The summed E-state index contributed by atoms with van der Waals surface area (Å²) in [6, 6.07) is 10.1. The Hall–Kier alpha value is -2.36. The second-order valence-electron chi connectivity index (χ2n) is 5.67. The Bertz CT molecular complexity index is 651. The Morgan fingerprint density at radius 1 is 1.09 bits per heavy atom. The molecule has 0 aliphatic heterocycles. The van der Waals surface area contributed by atoms with Gasteiger partial charge >= 0.3 is 6.03 Å². The first kappa shape index (κ1) is 17.0. The summed E-state index contributed by atoms with van der Waals surface area (Å²) in [5.41, 5.74) is 4.36. The third kappa shape index (κ3) is 4.09. The predicted octanol–water partition coefficient (Wildman–Crippen LogP) is 4.17. The van der Waals surface area contributed by atoms with E-state index in [0.717, 1.165) is 11.3 Å². The Balaban J connectivity index is 2.37. The lowest BCUT2D eigenvalue weighted by Gasteiger charge is -2.30. The molecule has 0 radical (unpaired) electrons. The molecule has 122 valence electrons. The SMILES string of the molecule is CCN(CC)C(=O)N(Cc1cccnc1)c1ccc(C)c(C)c1. The molecular weight excluding hydrogens is 286 g/mol. The van der Waals surface area contributed by atoms with Gasteiger partial charge in [0.2, 0.25) is 0 Å². The molecule has 1 aromatic carbocycles. The number of hydrogen-bond acceptors (Lipinski definition) is 2. The van der Waals surface area contributed by atoms with Crippen LogP contribution in [0.15, 0.2) is 42.7 Å². The molecule has 2 amide bonds. The molecule has 4 nitrogen and oxygen atoms in total. The maximum atomic E-state index is 12.9. The Kier molecular flexibility index (Phi) is 5.74. The summed E-state index contributed by atoms with van der Waals surface area (Å²) in [5, 5.41) is 0.